The summed E-state index contributed by atoms with van der Waals surface area (Å²) >= 11 is 1.49. The third kappa shape index (κ3) is 2.97. The highest BCUT2D eigenvalue weighted by molar-refractivity contribution is 7.10. The monoisotopic (exact) mass is 277 g/mol. The molecule has 2 rings (SSSR count). The summed E-state index contributed by atoms with van der Waals surface area (Å²) in [7, 11) is 1.61. The molecule has 0 saturated carbocycles. The summed E-state index contributed by atoms with van der Waals surface area (Å²) in [5, 5.41) is 12.5. The van der Waals surface area contributed by atoms with Gasteiger partial charge in [0.25, 0.3) is 0 Å². The molecule has 0 aliphatic rings. The van der Waals surface area contributed by atoms with Crippen LogP contribution in [0.25, 0.3) is 0 Å². The number of benzene rings is 1. The molecule has 0 radical (unpaired) electrons. The van der Waals surface area contributed by atoms with Crippen molar-refractivity contribution in [1.29, 1.82) is 0 Å². The molecule has 1 aromatic carbocycles. The summed E-state index contributed by atoms with van der Waals surface area (Å²) in [6, 6.07) is 9.99. The van der Waals surface area contributed by atoms with Crippen molar-refractivity contribution in [3.05, 3.63) is 51.7 Å². The zero-order chi connectivity index (χ0) is 13.8. The van der Waals surface area contributed by atoms with Gasteiger partial charge in [-0.3, -0.25) is 0 Å². The van der Waals surface area contributed by atoms with Gasteiger partial charge in [-0.25, -0.2) is 0 Å². The molecule has 2 aromatic rings. The summed E-state index contributed by atoms with van der Waals surface area (Å²) in [6.45, 7) is 2.44. The largest absolute Gasteiger partial charge is 0.495 e. The van der Waals surface area contributed by atoms with Crippen LogP contribution in [0.5, 0.6) is 5.75 Å². The van der Waals surface area contributed by atoms with Crippen LogP contribution in [0.3, 0.4) is 0 Å². The van der Waals surface area contributed by atoms with Crippen molar-refractivity contribution in [2.75, 3.05) is 13.7 Å². The zero-order valence-corrected chi connectivity index (χ0v) is 12.0. The molecule has 0 aliphatic heterocycles. The lowest BCUT2D eigenvalue weighted by molar-refractivity contribution is 0.148. The van der Waals surface area contributed by atoms with Crippen LogP contribution in [0, 0.1) is 6.92 Å². The van der Waals surface area contributed by atoms with Gasteiger partial charge in [0.1, 0.15) is 5.75 Å². The van der Waals surface area contributed by atoms with Crippen LogP contribution < -0.4 is 10.5 Å². The van der Waals surface area contributed by atoms with E-state index in [0.717, 1.165) is 16.2 Å². The van der Waals surface area contributed by atoms with E-state index >= 15 is 0 Å². The molecule has 0 amide bonds. The van der Waals surface area contributed by atoms with E-state index in [1.807, 2.05) is 42.6 Å². The Bertz CT molecular complexity index is 521. The number of aliphatic hydroxyl groups is 1. The first-order valence-electron chi connectivity index (χ1n) is 6.23. The zero-order valence-electron chi connectivity index (χ0n) is 11.2. The van der Waals surface area contributed by atoms with E-state index < -0.39 is 6.10 Å². The Morgan fingerprint density at radius 3 is 2.53 bits per heavy atom. The first-order chi connectivity index (χ1) is 9.17. The van der Waals surface area contributed by atoms with Crippen LogP contribution in [-0.4, -0.2) is 18.8 Å². The van der Waals surface area contributed by atoms with Crippen molar-refractivity contribution >= 4 is 11.3 Å². The fraction of sp³-hybridized carbons (Fsp3) is 0.333. The molecule has 0 spiro atoms. The van der Waals surface area contributed by atoms with E-state index in [2.05, 4.69) is 0 Å². The predicted molar refractivity (Wildman–Crippen MR) is 78.8 cm³/mol. The highest BCUT2D eigenvalue weighted by Gasteiger charge is 2.25. The van der Waals surface area contributed by atoms with Gasteiger partial charge >= 0.3 is 0 Å². The standard InChI is InChI=1S/C15H19NO2S/c1-10-3-5-11(6-4-10)12(9-16)14(17)15-13(18-2)7-8-19-15/h3-8,12,14,17H,9,16H2,1-2H3. The number of methoxy groups -OCH3 is 1. The maximum Gasteiger partial charge on any atom is 0.135 e. The lowest BCUT2D eigenvalue weighted by atomic mass is 9.92. The van der Waals surface area contributed by atoms with E-state index in [1.165, 1.54) is 16.9 Å². The van der Waals surface area contributed by atoms with Crippen molar-refractivity contribution in [2.24, 2.45) is 5.73 Å². The maximum absolute atomic E-state index is 10.6. The van der Waals surface area contributed by atoms with Crippen LogP contribution in [0.1, 0.15) is 28.0 Å². The number of aliphatic hydroxyl groups excluding tert-OH is 1. The van der Waals surface area contributed by atoms with Gasteiger partial charge in [0.2, 0.25) is 0 Å². The molecule has 2 atom stereocenters. The normalized spacial score (nSPS) is 14.1. The van der Waals surface area contributed by atoms with Crippen LogP contribution in [0.2, 0.25) is 0 Å². The predicted octanol–water partition coefficient (Wildman–Crippen LogP) is 2.84. The van der Waals surface area contributed by atoms with Crippen molar-refractivity contribution in [3.63, 3.8) is 0 Å². The average Bonchev–Trinajstić information content (AvgIpc) is 2.90. The average molecular weight is 277 g/mol. The molecule has 0 bridgehead atoms. The molecule has 102 valence electrons. The molecule has 1 heterocycles. The summed E-state index contributed by atoms with van der Waals surface area (Å²) in [6.07, 6.45) is -0.636. The van der Waals surface area contributed by atoms with Gasteiger partial charge in [0.15, 0.2) is 0 Å². The molecule has 0 saturated heterocycles. The topological polar surface area (TPSA) is 55.5 Å². The first-order valence-corrected chi connectivity index (χ1v) is 7.11. The second-order valence-corrected chi connectivity index (χ2v) is 5.50. The summed E-state index contributed by atoms with van der Waals surface area (Å²) in [4.78, 5) is 0.832. The minimum absolute atomic E-state index is 0.117. The molecule has 0 fully saturated rings. The molecule has 1 aromatic heterocycles. The van der Waals surface area contributed by atoms with Crippen molar-refractivity contribution in [2.45, 2.75) is 18.9 Å². The molecular formula is C15H19NO2S. The third-order valence-electron chi connectivity index (χ3n) is 3.29. The van der Waals surface area contributed by atoms with E-state index in [1.54, 1.807) is 7.11 Å². The van der Waals surface area contributed by atoms with Gasteiger partial charge in [0, 0.05) is 12.5 Å². The Morgan fingerprint density at radius 1 is 1.26 bits per heavy atom. The molecular weight excluding hydrogens is 258 g/mol. The number of rotatable bonds is 5. The second kappa shape index (κ2) is 6.19. The van der Waals surface area contributed by atoms with Gasteiger partial charge < -0.3 is 15.6 Å². The Hall–Kier alpha value is -1.36. The van der Waals surface area contributed by atoms with Crippen LogP contribution >= 0.6 is 11.3 Å². The minimum atomic E-state index is -0.636. The number of aryl methyl sites for hydroxylation is 1. The van der Waals surface area contributed by atoms with E-state index in [4.69, 9.17) is 10.5 Å². The molecule has 4 heteroatoms. The van der Waals surface area contributed by atoms with Crippen molar-refractivity contribution in [1.82, 2.24) is 0 Å². The maximum atomic E-state index is 10.6. The number of ether oxygens (including phenoxy) is 1. The van der Waals surface area contributed by atoms with Gasteiger partial charge in [-0.15, -0.1) is 11.3 Å². The van der Waals surface area contributed by atoms with Gasteiger partial charge in [-0.2, -0.15) is 0 Å². The Labute approximate surface area is 117 Å². The lowest BCUT2D eigenvalue weighted by Gasteiger charge is -2.22. The highest BCUT2D eigenvalue weighted by Crippen LogP contribution is 2.38. The summed E-state index contributed by atoms with van der Waals surface area (Å²) < 4.78 is 5.27. The number of hydrogen-bond acceptors (Lipinski definition) is 4. The smallest absolute Gasteiger partial charge is 0.135 e. The number of hydrogen-bond donors (Lipinski definition) is 2. The molecule has 3 N–H and O–H groups in total. The SMILES string of the molecule is COc1ccsc1C(O)C(CN)c1ccc(C)cc1. The Kier molecular flexibility index (Phi) is 4.58. The Balaban J connectivity index is 2.29. The second-order valence-electron chi connectivity index (χ2n) is 4.55. The van der Waals surface area contributed by atoms with Crippen LogP contribution in [0.15, 0.2) is 35.7 Å². The molecule has 2 unspecified atom stereocenters. The quantitative estimate of drug-likeness (QED) is 0.883. The summed E-state index contributed by atoms with van der Waals surface area (Å²) in [5.74, 6) is 0.608. The van der Waals surface area contributed by atoms with Crippen LogP contribution in [0.4, 0.5) is 0 Å². The lowest BCUT2D eigenvalue weighted by Crippen LogP contribution is -2.19. The first kappa shape index (κ1) is 14.1. The van der Waals surface area contributed by atoms with Gasteiger partial charge in [-0.05, 0) is 23.9 Å². The highest BCUT2D eigenvalue weighted by atomic mass is 32.1. The fourth-order valence-corrected chi connectivity index (χ4v) is 3.05. The van der Waals surface area contributed by atoms with Gasteiger partial charge in [-0.1, -0.05) is 29.8 Å². The number of thiophene rings is 1. The molecule has 0 aliphatic carbocycles. The number of nitrogens with two attached hydrogens (primary N) is 1. The van der Waals surface area contributed by atoms with E-state index in [0.29, 0.717) is 6.54 Å². The Morgan fingerprint density at radius 2 is 1.95 bits per heavy atom. The van der Waals surface area contributed by atoms with Crippen molar-refractivity contribution < 1.29 is 9.84 Å². The molecule has 3 nitrogen and oxygen atoms in total. The van der Waals surface area contributed by atoms with E-state index in [-0.39, 0.29) is 5.92 Å². The van der Waals surface area contributed by atoms with E-state index in [9.17, 15) is 5.11 Å². The van der Waals surface area contributed by atoms with Crippen molar-refractivity contribution in [3.8, 4) is 5.75 Å². The van der Waals surface area contributed by atoms with Crippen LogP contribution in [-0.2, 0) is 0 Å². The van der Waals surface area contributed by atoms with Gasteiger partial charge in [0.05, 0.1) is 18.1 Å². The third-order valence-corrected chi connectivity index (χ3v) is 4.26. The fourth-order valence-electron chi connectivity index (χ4n) is 2.14. The summed E-state index contributed by atoms with van der Waals surface area (Å²) in [5.41, 5.74) is 8.09. The molecule has 19 heavy (non-hydrogen) atoms. The minimum Gasteiger partial charge on any atom is -0.495 e.